The highest BCUT2D eigenvalue weighted by Gasteiger charge is 2.28. The highest BCUT2D eigenvalue weighted by atomic mass is 32.2. The molecule has 0 saturated heterocycles. The number of hydrogen-bond acceptors (Lipinski definition) is 3. The Kier molecular flexibility index (Phi) is 6.12. The number of hydrogen-bond donors (Lipinski definition) is 1. The number of amides is 1. The number of benzene rings is 3. The molecule has 0 fully saturated rings. The number of hydrazone groups is 1. The van der Waals surface area contributed by atoms with Gasteiger partial charge in [0.25, 0.3) is 0 Å². The number of aryl methyl sites for hydroxylation is 2. The van der Waals surface area contributed by atoms with Gasteiger partial charge < -0.3 is 4.57 Å². The molecule has 4 aromatic rings. The number of fused-ring (bicyclic) bond motifs is 3. The maximum Gasteiger partial charge on any atom is 0.250 e. The lowest BCUT2D eigenvalue weighted by Gasteiger charge is -2.12. The fourth-order valence-electron chi connectivity index (χ4n) is 4.74. The van der Waals surface area contributed by atoms with E-state index in [-0.39, 0.29) is 11.2 Å². The first kappa shape index (κ1) is 22.2. The van der Waals surface area contributed by atoms with Crippen LogP contribution in [0.5, 0.6) is 0 Å². The first-order valence-corrected chi connectivity index (χ1v) is 12.5. The summed E-state index contributed by atoms with van der Waals surface area (Å²) in [5.41, 5.74) is 13.3. The third kappa shape index (κ3) is 4.19. The Labute approximate surface area is 204 Å². The van der Waals surface area contributed by atoms with Gasteiger partial charge in [0.1, 0.15) is 0 Å². The summed E-state index contributed by atoms with van der Waals surface area (Å²) in [6, 6.07) is 27.4. The van der Waals surface area contributed by atoms with Gasteiger partial charge >= 0.3 is 0 Å². The summed E-state index contributed by atoms with van der Waals surface area (Å²) in [5.74, 6) is 0.239. The van der Waals surface area contributed by atoms with Crippen molar-refractivity contribution in [2.75, 3.05) is 5.75 Å². The van der Waals surface area contributed by atoms with E-state index in [9.17, 15) is 4.79 Å². The lowest BCUT2D eigenvalue weighted by molar-refractivity contribution is -0.118. The molecule has 1 heterocycles. The van der Waals surface area contributed by atoms with Gasteiger partial charge in [-0.05, 0) is 66.8 Å². The molecule has 0 spiro atoms. The van der Waals surface area contributed by atoms with E-state index in [2.05, 4.69) is 115 Å². The van der Waals surface area contributed by atoms with Crippen molar-refractivity contribution in [2.24, 2.45) is 5.10 Å². The molecular weight excluding hydrogens is 438 g/mol. The summed E-state index contributed by atoms with van der Waals surface area (Å²) in [5, 5.41) is 4.41. The number of carbonyl (C=O) groups is 1. The SMILES string of the molecule is Cc1cccc(-n2c(C)cc(/C=N/NC(=O)CSC3c4ccccc4-c4ccccc43)c2C)c1. The van der Waals surface area contributed by atoms with Crippen LogP contribution < -0.4 is 5.43 Å². The minimum atomic E-state index is -0.101. The monoisotopic (exact) mass is 465 g/mol. The molecule has 170 valence electrons. The van der Waals surface area contributed by atoms with Crippen molar-refractivity contribution in [3.8, 4) is 16.8 Å². The van der Waals surface area contributed by atoms with Crippen molar-refractivity contribution < 1.29 is 4.79 Å². The maximum absolute atomic E-state index is 12.6. The molecule has 1 aliphatic rings. The van der Waals surface area contributed by atoms with E-state index in [0.717, 1.165) is 22.6 Å². The van der Waals surface area contributed by atoms with Gasteiger partial charge in [-0.15, -0.1) is 11.8 Å². The van der Waals surface area contributed by atoms with Crippen LogP contribution in [0.3, 0.4) is 0 Å². The van der Waals surface area contributed by atoms with Crippen molar-refractivity contribution in [1.29, 1.82) is 0 Å². The molecule has 34 heavy (non-hydrogen) atoms. The molecule has 0 bridgehead atoms. The highest BCUT2D eigenvalue weighted by molar-refractivity contribution is 8.00. The second-order valence-corrected chi connectivity index (χ2v) is 9.75. The number of rotatable bonds is 6. The molecule has 5 rings (SSSR count). The zero-order chi connectivity index (χ0) is 23.7. The minimum absolute atomic E-state index is 0.101. The summed E-state index contributed by atoms with van der Waals surface area (Å²) in [6.45, 7) is 6.25. The Morgan fingerprint density at radius 1 is 0.941 bits per heavy atom. The Hall–Kier alpha value is -3.57. The Balaban J connectivity index is 1.25. The molecule has 0 unspecified atom stereocenters. The van der Waals surface area contributed by atoms with E-state index in [1.54, 1.807) is 18.0 Å². The van der Waals surface area contributed by atoms with E-state index >= 15 is 0 Å². The first-order chi connectivity index (χ1) is 16.5. The largest absolute Gasteiger partial charge is 0.318 e. The molecule has 0 atom stereocenters. The second kappa shape index (κ2) is 9.35. The molecule has 0 aliphatic heterocycles. The van der Waals surface area contributed by atoms with Crippen LogP contribution in [-0.4, -0.2) is 22.4 Å². The van der Waals surface area contributed by atoms with Gasteiger partial charge in [-0.2, -0.15) is 5.10 Å². The van der Waals surface area contributed by atoms with E-state index in [1.807, 2.05) is 0 Å². The Morgan fingerprint density at radius 3 is 2.29 bits per heavy atom. The molecule has 1 N–H and O–H groups in total. The molecule has 1 aromatic heterocycles. The summed E-state index contributed by atoms with van der Waals surface area (Å²) < 4.78 is 2.21. The van der Waals surface area contributed by atoms with Crippen LogP contribution in [0, 0.1) is 20.8 Å². The predicted molar refractivity (Wildman–Crippen MR) is 142 cm³/mol. The molecule has 5 heteroatoms. The van der Waals surface area contributed by atoms with Gasteiger partial charge in [0.15, 0.2) is 0 Å². The van der Waals surface area contributed by atoms with Crippen molar-refractivity contribution in [2.45, 2.75) is 26.0 Å². The summed E-state index contributed by atoms with van der Waals surface area (Å²) >= 11 is 1.64. The zero-order valence-electron chi connectivity index (χ0n) is 19.6. The van der Waals surface area contributed by atoms with Crippen LogP contribution in [0.2, 0.25) is 0 Å². The third-order valence-electron chi connectivity index (χ3n) is 6.28. The van der Waals surface area contributed by atoms with Crippen LogP contribution in [0.4, 0.5) is 0 Å². The van der Waals surface area contributed by atoms with Crippen LogP contribution in [-0.2, 0) is 4.79 Å². The van der Waals surface area contributed by atoms with Crippen molar-refractivity contribution in [3.63, 3.8) is 0 Å². The smallest absolute Gasteiger partial charge is 0.250 e. The fraction of sp³-hybridized carbons (Fsp3) is 0.172. The van der Waals surface area contributed by atoms with Gasteiger partial charge in [0, 0.05) is 22.6 Å². The van der Waals surface area contributed by atoms with Gasteiger partial charge in [-0.1, -0.05) is 60.7 Å². The fourth-order valence-corrected chi connectivity index (χ4v) is 5.89. The molecule has 4 nitrogen and oxygen atoms in total. The standard InChI is InChI=1S/C29H27N3OS/c1-19-9-8-10-23(15-19)32-20(2)16-22(21(32)3)17-30-31-28(33)18-34-29-26-13-6-4-11-24(26)25-12-5-7-14-27(25)29/h4-17,29H,18H2,1-3H3,(H,31,33)/b30-17+. The minimum Gasteiger partial charge on any atom is -0.318 e. The molecule has 1 aliphatic carbocycles. The lowest BCUT2D eigenvalue weighted by Crippen LogP contribution is -2.20. The second-order valence-electron chi connectivity index (χ2n) is 8.66. The maximum atomic E-state index is 12.6. The van der Waals surface area contributed by atoms with E-state index in [1.165, 1.54) is 27.8 Å². The van der Waals surface area contributed by atoms with Crippen molar-refractivity contribution in [3.05, 3.63) is 113 Å². The van der Waals surface area contributed by atoms with Crippen LogP contribution >= 0.6 is 11.8 Å². The number of nitrogens with zero attached hydrogens (tertiary/aromatic N) is 2. The first-order valence-electron chi connectivity index (χ1n) is 11.4. The molecule has 0 saturated carbocycles. The summed E-state index contributed by atoms with van der Waals surface area (Å²) in [7, 11) is 0. The predicted octanol–water partition coefficient (Wildman–Crippen LogP) is 6.36. The number of carbonyl (C=O) groups excluding carboxylic acids is 1. The van der Waals surface area contributed by atoms with Crippen molar-refractivity contribution in [1.82, 2.24) is 9.99 Å². The number of nitrogens with one attached hydrogen (secondary N) is 1. The van der Waals surface area contributed by atoms with Gasteiger partial charge in [-0.3, -0.25) is 4.79 Å². The number of aromatic nitrogens is 1. The van der Waals surface area contributed by atoms with Crippen LogP contribution in [0.1, 0.15) is 38.9 Å². The Bertz CT molecular complexity index is 1360. The molecule has 1 amide bonds. The summed E-state index contributed by atoms with van der Waals surface area (Å²) in [4.78, 5) is 12.6. The number of thioether (sulfide) groups is 1. The Morgan fingerprint density at radius 2 is 1.62 bits per heavy atom. The van der Waals surface area contributed by atoms with Crippen LogP contribution in [0.25, 0.3) is 16.8 Å². The third-order valence-corrected chi connectivity index (χ3v) is 7.55. The zero-order valence-corrected chi connectivity index (χ0v) is 20.4. The van der Waals surface area contributed by atoms with E-state index in [0.29, 0.717) is 5.75 Å². The van der Waals surface area contributed by atoms with E-state index < -0.39 is 0 Å². The molecule has 3 aromatic carbocycles. The normalized spacial score (nSPS) is 12.7. The lowest BCUT2D eigenvalue weighted by atomic mass is 10.1. The average Bonchev–Trinajstić information content (AvgIpc) is 3.31. The summed E-state index contributed by atoms with van der Waals surface area (Å²) in [6.07, 6.45) is 1.73. The van der Waals surface area contributed by atoms with Crippen molar-refractivity contribution >= 4 is 23.9 Å². The molecule has 0 radical (unpaired) electrons. The average molecular weight is 466 g/mol. The van der Waals surface area contributed by atoms with Gasteiger partial charge in [0.2, 0.25) is 5.91 Å². The van der Waals surface area contributed by atoms with Gasteiger partial charge in [-0.25, -0.2) is 5.43 Å². The molecular formula is C29H27N3OS. The van der Waals surface area contributed by atoms with Gasteiger partial charge in [0.05, 0.1) is 17.2 Å². The van der Waals surface area contributed by atoms with E-state index in [4.69, 9.17) is 0 Å². The quantitative estimate of drug-likeness (QED) is 0.266. The topological polar surface area (TPSA) is 46.4 Å². The highest BCUT2D eigenvalue weighted by Crippen LogP contribution is 2.49. The van der Waals surface area contributed by atoms with Crippen LogP contribution in [0.15, 0.2) is 84.0 Å².